The Bertz CT molecular complexity index is 774. The van der Waals surface area contributed by atoms with Crippen LogP contribution in [-0.4, -0.2) is 86.8 Å². The fourth-order valence-corrected chi connectivity index (χ4v) is 3.73. The maximum atomic E-state index is 12.6. The minimum Gasteiger partial charge on any atom is -0.426 e. The summed E-state index contributed by atoms with van der Waals surface area (Å²) in [4.78, 5) is 17.0. The number of benzene rings is 1. The van der Waals surface area contributed by atoms with Gasteiger partial charge in [0.05, 0.1) is 13.2 Å². The molecular formula is C20H25F6N3O3. The highest BCUT2D eigenvalue weighted by atomic mass is 19.4. The molecule has 0 radical (unpaired) electrons. The highest BCUT2D eigenvalue weighted by Crippen LogP contribution is 2.36. The lowest BCUT2D eigenvalue weighted by Gasteiger charge is -2.36. The molecule has 3 rings (SSSR count). The number of hydrogen-bond acceptors (Lipinski definition) is 5. The standard InChI is InChI=1S/C20H25F6N3O3/c1-14-2-3-15(16(12-14)28-8-10-31-11-9-28)13-27-4-6-29(7-5-27)18(30)32-17(19(21,22)23)20(24,25)26/h2-3,12,17H,4-11,13H2,1H3. The van der Waals surface area contributed by atoms with Crippen LogP contribution in [0.15, 0.2) is 18.2 Å². The molecule has 0 atom stereocenters. The van der Waals surface area contributed by atoms with Crippen LogP contribution in [0.4, 0.5) is 36.8 Å². The fourth-order valence-electron chi connectivity index (χ4n) is 3.73. The van der Waals surface area contributed by atoms with Crippen molar-refractivity contribution in [3.63, 3.8) is 0 Å². The monoisotopic (exact) mass is 469 g/mol. The number of piperazine rings is 1. The Hall–Kier alpha value is -2.21. The summed E-state index contributed by atoms with van der Waals surface area (Å²) >= 11 is 0. The minimum atomic E-state index is -5.73. The zero-order chi connectivity index (χ0) is 23.5. The van der Waals surface area contributed by atoms with Gasteiger partial charge >= 0.3 is 18.4 Å². The van der Waals surface area contributed by atoms with Gasteiger partial charge in [-0.3, -0.25) is 4.90 Å². The number of alkyl halides is 6. The van der Waals surface area contributed by atoms with E-state index in [1.165, 1.54) is 0 Å². The highest BCUT2D eigenvalue weighted by molar-refractivity contribution is 5.68. The lowest BCUT2D eigenvalue weighted by molar-refractivity contribution is -0.308. The topological polar surface area (TPSA) is 45.2 Å². The number of halogens is 6. The maximum Gasteiger partial charge on any atom is 0.434 e. The lowest BCUT2D eigenvalue weighted by atomic mass is 10.1. The minimum absolute atomic E-state index is 0.0278. The van der Waals surface area contributed by atoms with Gasteiger partial charge in [-0.25, -0.2) is 4.79 Å². The summed E-state index contributed by atoms with van der Waals surface area (Å²) in [6.07, 6.45) is -17.2. The molecule has 0 bridgehead atoms. The molecule has 32 heavy (non-hydrogen) atoms. The Morgan fingerprint density at radius 2 is 1.59 bits per heavy atom. The molecule has 2 fully saturated rings. The van der Waals surface area contributed by atoms with E-state index in [0.717, 1.165) is 34.8 Å². The average molecular weight is 469 g/mol. The van der Waals surface area contributed by atoms with E-state index >= 15 is 0 Å². The molecule has 2 aliphatic heterocycles. The molecule has 2 heterocycles. The number of aryl methyl sites for hydroxylation is 1. The normalized spacial score (nSPS) is 18.9. The van der Waals surface area contributed by atoms with Gasteiger partial charge in [0.25, 0.3) is 6.10 Å². The summed E-state index contributed by atoms with van der Waals surface area (Å²) in [5.74, 6) is 0. The van der Waals surface area contributed by atoms with Crippen LogP contribution < -0.4 is 4.90 Å². The van der Waals surface area contributed by atoms with Gasteiger partial charge in [0.2, 0.25) is 0 Å². The van der Waals surface area contributed by atoms with Gasteiger partial charge in [-0.2, -0.15) is 26.3 Å². The smallest absolute Gasteiger partial charge is 0.426 e. The molecule has 1 aromatic rings. The van der Waals surface area contributed by atoms with Crippen LogP contribution in [0.5, 0.6) is 0 Å². The third-order valence-electron chi connectivity index (χ3n) is 5.43. The average Bonchev–Trinajstić information content (AvgIpc) is 2.72. The summed E-state index contributed by atoms with van der Waals surface area (Å²) in [6, 6.07) is 6.09. The predicted molar refractivity (Wildman–Crippen MR) is 103 cm³/mol. The summed E-state index contributed by atoms with van der Waals surface area (Å²) in [5, 5.41) is 0. The highest BCUT2D eigenvalue weighted by Gasteiger charge is 2.60. The zero-order valence-electron chi connectivity index (χ0n) is 17.5. The first-order valence-corrected chi connectivity index (χ1v) is 10.2. The Balaban J connectivity index is 1.59. The van der Waals surface area contributed by atoms with Crippen molar-refractivity contribution in [2.45, 2.75) is 31.9 Å². The zero-order valence-corrected chi connectivity index (χ0v) is 17.5. The molecule has 12 heteroatoms. The van der Waals surface area contributed by atoms with Crippen molar-refractivity contribution >= 4 is 11.8 Å². The Morgan fingerprint density at radius 3 is 2.16 bits per heavy atom. The molecule has 2 aliphatic rings. The second-order valence-electron chi connectivity index (χ2n) is 7.84. The van der Waals surface area contributed by atoms with Crippen molar-refractivity contribution in [1.82, 2.24) is 9.80 Å². The predicted octanol–water partition coefficient (Wildman–Crippen LogP) is 3.58. The van der Waals surface area contributed by atoms with Crippen molar-refractivity contribution in [3.8, 4) is 0 Å². The van der Waals surface area contributed by atoms with Crippen molar-refractivity contribution in [1.29, 1.82) is 0 Å². The van der Waals surface area contributed by atoms with E-state index in [1.54, 1.807) is 0 Å². The number of rotatable bonds is 4. The SMILES string of the molecule is Cc1ccc(CN2CCN(C(=O)OC(C(F)(F)F)C(F)(F)F)CC2)c(N2CCOCC2)c1. The van der Waals surface area contributed by atoms with Gasteiger partial charge in [-0.1, -0.05) is 12.1 Å². The second kappa shape index (κ2) is 9.74. The second-order valence-corrected chi connectivity index (χ2v) is 7.84. The Labute approximate surface area is 181 Å². The number of carbonyl (C=O) groups excluding carboxylic acids is 1. The van der Waals surface area contributed by atoms with E-state index in [9.17, 15) is 31.1 Å². The van der Waals surface area contributed by atoms with Gasteiger partial charge < -0.3 is 19.3 Å². The Morgan fingerprint density at radius 1 is 1.00 bits per heavy atom. The van der Waals surface area contributed by atoms with Crippen LogP contribution in [0.2, 0.25) is 0 Å². The molecule has 180 valence electrons. The van der Waals surface area contributed by atoms with E-state index in [1.807, 2.05) is 24.0 Å². The molecular weight excluding hydrogens is 444 g/mol. The van der Waals surface area contributed by atoms with Gasteiger partial charge in [-0.15, -0.1) is 0 Å². The summed E-state index contributed by atoms with van der Waals surface area (Å²) in [6.45, 7) is 5.86. The number of ether oxygens (including phenoxy) is 2. The largest absolute Gasteiger partial charge is 0.434 e. The molecule has 0 N–H and O–H groups in total. The van der Waals surface area contributed by atoms with E-state index < -0.39 is 24.5 Å². The molecule has 6 nitrogen and oxygen atoms in total. The summed E-state index contributed by atoms with van der Waals surface area (Å²) in [5.41, 5.74) is 3.24. The van der Waals surface area contributed by atoms with Gasteiger partial charge in [0, 0.05) is 51.5 Å². The van der Waals surface area contributed by atoms with Crippen LogP contribution in [0.1, 0.15) is 11.1 Å². The number of nitrogens with zero attached hydrogens (tertiary/aromatic N) is 3. The lowest BCUT2D eigenvalue weighted by Crippen LogP contribution is -2.52. The maximum absolute atomic E-state index is 12.6. The number of anilines is 1. The molecule has 1 amide bonds. The van der Waals surface area contributed by atoms with Gasteiger partial charge in [0.15, 0.2) is 0 Å². The molecule has 2 saturated heterocycles. The first-order valence-electron chi connectivity index (χ1n) is 10.2. The van der Waals surface area contributed by atoms with Crippen molar-refractivity contribution in [3.05, 3.63) is 29.3 Å². The van der Waals surface area contributed by atoms with Crippen molar-refractivity contribution in [2.24, 2.45) is 0 Å². The third kappa shape index (κ3) is 6.18. The Kier molecular flexibility index (Phi) is 7.43. The van der Waals surface area contributed by atoms with Crippen LogP contribution in [0.25, 0.3) is 0 Å². The van der Waals surface area contributed by atoms with Crippen LogP contribution in [-0.2, 0) is 16.0 Å². The number of carbonyl (C=O) groups is 1. The molecule has 1 aromatic carbocycles. The van der Waals surface area contributed by atoms with Crippen molar-refractivity contribution in [2.75, 3.05) is 57.4 Å². The molecule has 0 aliphatic carbocycles. The number of morpholine rings is 1. The van der Waals surface area contributed by atoms with Crippen LogP contribution in [0.3, 0.4) is 0 Å². The molecule has 0 saturated carbocycles. The number of amides is 1. The van der Waals surface area contributed by atoms with Gasteiger partial charge in [0.1, 0.15) is 0 Å². The van der Waals surface area contributed by atoms with Crippen LogP contribution >= 0.6 is 0 Å². The molecule has 0 aromatic heterocycles. The van der Waals surface area contributed by atoms with E-state index in [2.05, 4.69) is 15.7 Å². The fraction of sp³-hybridized carbons (Fsp3) is 0.650. The number of hydrogen-bond donors (Lipinski definition) is 0. The first kappa shape index (κ1) is 24.4. The summed E-state index contributed by atoms with van der Waals surface area (Å²) < 4.78 is 85.0. The van der Waals surface area contributed by atoms with E-state index in [-0.39, 0.29) is 13.1 Å². The van der Waals surface area contributed by atoms with Crippen LogP contribution in [0, 0.1) is 6.92 Å². The van der Waals surface area contributed by atoms with E-state index in [4.69, 9.17) is 4.74 Å². The molecule has 0 spiro atoms. The molecule has 0 unspecified atom stereocenters. The quantitative estimate of drug-likeness (QED) is 0.631. The van der Waals surface area contributed by atoms with Crippen molar-refractivity contribution < 1.29 is 40.6 Å². The third-order valence-corrected chi connectivity index (χ3v) is 5.43. The van der Waals surface area contributed by atoms with Gasteiger partial charge in [-0.05, 0) is 24.1 Å². The van der Waals surface area contributed by atoms with E-state index in [0.29, 0.717) is 32.8 Å². The summed E-state index contributed by atoms with van der Waals surface area (Å²) in [7, 11) is 0. The first-order chi connectivity index (χ1) is 14.9.